The Labute approximate surface area is 119 Å². The minimum atomic E-state index is -1.56. The van der Waals surface area contributed by atoms with Gasteiger partial charge in [-0.25, -0.2) is 4.79 Å². The fourth-order valence-electron chi connectivity index (χ4n) is 0.350. The first kappa shape index (κ1) is 15.3. The zero-order valence-corrected chi connectivity index (χ0v) is 10.5. The second kappa shape index (κ2) is 9.94. The summed E-state index contributed by atoms with van der Waals surface area (Å²) < 4.78 is 8.11. The molecule has 0 saturated carbocycles. The standard InChI is InChI=1S/C4H4O.C3H4O4.K.H/c1-2-4-5-3-1;1-2(4)7-3(5)6;;/h1-4H;1H3,(H,5,6);;/q;;+1;-1. The molecule has 0 spiro atoms. The van der Waals surface area contributed by atoms with E-state index in [9.17, 15) is 9.59 Å². The summed E-state index contributed by atoms with van der Waals surface area (Å²) in [5, 5.41) is 7.64. The summed E-state index contributed by atoms with van der Waals surface area (Å²) in [5.74, 6) is -0.812. The number of furan rings is 1. The van der Waals surface area contributed by atoms with Crippen molar-refractivity contribution < 1.29 is 76.7 Å². The van der Waals surface area contributed by atoms with Gasteiger partial charge in [0.1, 0.15) is 0 Å². The van der Waals surface area contributed by atoms with Gasteiger partial charge in [0, 0.05) is 6.92 Å². The molecule has 0 aromatic carbocycles. The Bertz CT molecular complexity index is 207. The number of ether oxygens (including phenoxy) is 1. The van der Waals surface area contributed by atoms with Gasteiger partial charge in [-0.2, -0.15) is 0 Å². The molecule has 0 radical (unpaired) electrons. The van der Waals surface area contributed by atoms with Crippen LogP contribution in [0, 0.1) is 0 Å². The molecule has 0 saturated heterocycles. The monoisotopic (exact) mass is 212 g/mol. The fourth-order valence-corrected chi connectivity index (χ4v) is 0.350. The van der Waals surface area contributed by atoms with Gasteiger partial charge < -0.3 is 15.7 Å². The molecule has 5 nitrogen and oxygen atoms in total. The maximum Gasteiger partial charge on any atom is 1.00 e. The van der Waals surface area contributed by atoms with Crippen LogP contribution >= 0.6 is 0 Å². The summed E-state index contributed by atoms with van der Waals surface area (Å²) in [6, 6.07) is 3.67. The Morgan fingerprint density at radius 3 is 1.92 bits per heavy atom. The van der Waals surface area contributed by atoms with E-state index in [1.807, 2.05) is 12.1 Å². The maximum atomic E-state index is 9.65. The SMILES string of the molecule is CC(=O)OC(=O)O.[H-].[K+].c1ccoc1. The van der Waals surface area contributed by atoms with Crippen molar-refractivity contribution in [2.75, 3.05) is 0 Å². The molecule has 1 aromatic rings. The first-order valence-electron chi connectivity index (χ1n) is 3.01. The zero-order valence-electron chi connectivity index (χ0n) is 8.39. The Hall–Kier alpha value is -0.144. The predicted octanol–water partition coefficient (Wildman–Crippen LogP) is -1.38. The molecular weight excluding hydrogens is 203 g/mol. The zero-order chi connectivity index (χ0) is 9.40. The largest absolute Gasteiger partial charge is 1.00 e. The van der Waals surface area contributed by atoms with Crippen LogP contribution in [0.5, 0.6) is 0 Å². The molecule has 0 unspecified atom stereocenters. The van der Waals surface area contributed by atoms with Crippen molar-refractivity contribution in [3.8, 4) is 0 Å². The summed E-state index contributed by atoms with van der Waals surface area (Å²) in [7, 11) is 0. The van der Waals surface area contributed by atoms with Crippen LogP contribution in [0.2, 0.25) is 0 Å². The molecule has 1 aromatic heterocycles. The number of carbonyl (C=O) groups is 2. The third-order valence-electron chi connectivity index (χ3n) is 0.656. The van der Waals surface area contributed by atoms with Crippen LogP contribution < -0.4 is 51.4 Å². The van der Waals surface area contributed by atoms with Crippen LogP contribution in [0.25, 0.3) is 0 Å². The molecule has 1 N–H and O–H groups in total. The van der Waals surface area contributed by atoms with Crippen molar-refractivity contribution in [2.24, 2.45) is 0 Å². The molecule has 1 heterocycles. The number of carbonyl (C=O) groups excluding carboxylic acids is 1. The van der Waals surface area contributed by atoms with Crippen molar-refractivity contribution in [3.05, 3.63) is 24.7 Å². The number of rotatable bonds is 0. The summed E-state index contributed by atoms with van der Waals surface area (Å²) in [4.78, 5) is 19.0. The first-order chi connectivity index (χ1) is 5.63. The molecule has 0 aliphatic carbocycles. The van der Waals surface area contributed by atoms with Gasteiger partial charge in [-0.3, -0.25) is 4.79 Å². The summed E-state index contributed by atoms with van der Waals surface area (Å²) >= 11 is 0. The molecule has 1 rings (SSSR count). The van der Waals surface area contributed by atoms with Crippen molar-refractivity contribution >= 4 is 12.1 Å². The quantitative estimate of drug-likeness (QED) is 0.326. The predicted molar refractivity (Wildman–Crippen MR) is 39.6 cm³/mol. The average molecular weight is 212 g/mol. The van der Waals surface area contributed by atoms with Gasteiger partial charge in [0.15, 0.2) is 0 Å². The number of esters is 1. The smallest absolute Gasteiger partial charge is 1.00 e. The van der Waals surface area contributed by atoms with Crippen LogP contribution in [-0.2, 0) is 9.53 Å². The Morgan fingerprint density at radius 2 is 1.85 bits per heavy atom. The van der Waals surface area contributed by atoms with E-state index in [0.29, 0.717) is 0 Å². The van der Waals surface area contributed by atoms with Gasteiger partial charge in [-0.05, 0) is 12.1 Å². The fraction of sp³-hybridized carbons (Fsp3) is 0.143. The van der Waals surface area contributed by atoms with Gasteiger partial charge in [0.2, 0.25) is 0 Å². The van der Waals surface area contributed by atoms with Crippen LogP contribution in [-0.4, -0.2) is 17.2 Å². The van der Waals surface area contributed by atoms with Crippen molar-refractivity contribution in [3.63, 3.8) is 0 Å². The van der Waals surface area contributed by atoms with Crippen LogP contribution in [0.15, 0.2) is 29.1 Å². The molecule has 0 aliphatic heterocycles. The van der Waals surface area contributed by atoms with Crippen LogP contribution in [0.3, 0.4) is 0 Å². The summed E-state index contributed by atoms with van der Waals surface area (Å²) in [5.41, 5.74) is 0. The van der Waals surface area contributed by atoms with Crippen molar-refractivity contribution in [1.29, 1.82) is 0 Å². The third kappa shape index (κ3) is 14.7. The molecule has 0 atom stereocenters. The van der Waals surface area contributed by atoms with Crippen molar-refractivity contribution in [2.45, 2.75) is 6.92 Å². The van der Waals surface area contributed by atoms with Crippen LogP contribution in [0.1, 0.15) is 8.35 Å². The molecule has 68 valence electrons. The van der Waals surface area contributed by atoms with Gasteiger partial charge >= 0.3 is 63.5 Å². The topological polar surface area (TPSA) is 76.7 Å². The second-order valence-electron chi connectivity index (χ2n) is 1.65. The number of hydrogen-bond acceptors (Lipinski definition) is 4. The number of hydrogen-bond donors (Lipinski definition) is 1. The maximum absolute atomic E-state index is 9.65. The van der Waals surface area contributed by atoms with E-state index in [-0.39, 0.29) is 52.8 Å². The van der Waals surface area contributed by atoms with E-state index in [4.69, 9.17) is 5.11 Å². The van der Waals surface area contributed by atoms with Crippen LogP contribution in [0.4, 0.5) is 4.79 Å². The summed E-state index contributed by atoms with van der Waals surface area (Å²) in [6.45, 7) is 1.02. The molecule has 0 amide bonds. The Kier molecular flexibility index (Phi) is 11.7. The minimum Gasteiger partial charge on any atom is -1.00 e. The minimum absolute atomic E-state index is 0. The summed E-state index contributed by atoms with van der Waals surface area (Å²) in [6.07, 6.45) is 1.69. The molecular formula is C7H9KO5. The second-order valence-corrected chi connectivity index (χ2v) is 1.65. The average Bonchev–Trinajstić information content (AvgIpc) is 2.36. The van der Waals surface area contributed by atoms with E-state index in [0.717, 1.165) is 6.92 Å². The van der Waals surface area contributed by atoms with Crippen molar-refractivity contribution in [1.82, 2.24) is 0 Å². The van der Waals surface area contributed by atoms with E-state index >= 15 is 0 Å². The van der Waals surface area contributed by atoms with E-state index < -0.39 is 12.1 Å². The molecule has 0 aliphatic rings. The van der Waals surface area contributed by atoms with Gasteiger partial charge in [-0.1, -0.05) is 0 Å². The van der Waals surface area contributed by atoms with E-state index in [1.165, 1.54) is 0 Å². The molecule has 0 fully saturated rings. The number of carboxylic acid groups (broad SMARTS) is 1. The molecule has 6 heteroatoms. The Balaban J connectivity index is -0.000000155. The Morgan fingerprint density at radius 1 is 1.38 bits per heavy atom. The van der Waals surface area contributed by atoms with E-state index in [1.54, 1.807) is 12.5 Å². The first-order valence-corrected chi connectivity index (χ1v) is 3.01. The third-order valence-corrected chi connectivity index (χ3v) is 0.656. The van der Waals surface area contributed by atoms with Gasteiger partial charge in [-0.15, -0.1) is 0 Å². The molecule has 13 heavy (non-hydrogen) atoms. The molecule has 0 bridgehead atoms. The normalized spacial score (nSPS) is 7.15. The van der Waals surface area contributed by atoms with E-state index in [2.05, 4.69) is 9.15 Å². The van der Waals surface area contributed by atoms with Gasteiger partial charge in [0.05, 0.1) is 12.5 Å². The van der Waals surface area contributed by atoms with Gasteiger partial charge in [0.25, 0.3) is 0 Å².